The number of fused-ring (bicyclic) bond motifs is 2. The summed E-state index contributed by atoms with van der Waals surface area (Å²) >= 11 is 0. The maximum Gasteiger partial charge on any atom is 0.271 e. The van der Waals surface area contributed by atoms with E-state index in [0.717, 1.165) is 12.8 Å². The van der Waals surface area contributed by atoms with Crippen LogP contribution >= 0.6 is 0 Å². The first-order chi connectivity index (χ1) is 14.6. The van der Waals surface area contributed by atoms with E-state index >= 15 is 0 Å². The van der Waals surface area contributed by atoms with Gasteiger partial charge in [-0.25, -0.2) is 0 Å². The van der Waals surface area contributed by atoms with Crippen LogP contribution < -0.4 is 14.8 Å². The van der Waals surface area contributed by atoms with Crippen molar-refractivity contribution in [1.29, 1.82) is 0 Å². The molecule has 4 atom stereocenters. The Labute approximate surface area is 172 Å². The molecule has 4 aliphatic rings. The summed E-state index contributed by atoms with van der Waals surface area (Å²) in [5, 5.41) is 9.69. The minimum absolute atomic E-state index is 0.0496. The molecule has 2 N–H and O–H groups in total. The van der Waals surface area contributed by atoms with E-state index in [0.29, 0.717) is 42.4 Å². The van der Waals surface area contributed by atoms with Crippen LogP contribution in [0.4, 0.5) is 0 Å². The zero-order valence-electron chi connectivity index (χ0n) is 16.3. The van der Waals surface area contributed by atoms with Crippen LogP contribution in [0.1, 0.15) is 33.7 Å². The van der Waals surface area contributed by atoms with Crippen LogP contribution in [-0.2, 0) is 4.74 Å². The minimum atomic E-state index is -0.283. The molecule has 0 unspecified atom stereocenters. The molecule has 5 heterocycles. The summed E-state index contributed by atoms with van der Waals surface area (Å²) in [6.07, 6.45) is 3.64. The summed E-state index contributed by atoms with van der Waals surface area (Å²) in [4.78, 5) is 27.3. The minimum Gasteiger partial charge on any atom is -0.454 e. The molecule has 0 radical (unpaired) electrons. The van der Waals surface area contributed by atoms with Crippen molar-refractivity contribution in [3.05, 3.63) is 41.7 Å². The van der Waals surface area contributed by atoms with Gasteiger partial charge in [0, 0.05) is 36.7 Å². The van der Waals surface area contributed by atoms with E-state index in [2.05, 4.69) is 15.5 Å². The van der Waals surface area contributed by atoms with Crippen LogP contribution in [0.2, 0.25) is 0 Å². The first-order valence-corrected chi connectivity index (χ1v) is 10.3. The average molecular weight is 410 g/mol. The average Bonchev–Trinajstić information content (AvgIpc) is 3.56. The zero-order chi connectivity index (χ0) is 20.3. The lowest BCUT2D eigenvalue weighted by Crippen LogP contribution is -2.41. The van der Waals surface area contributed by atoms with Gasteiger partial charge in [-0.1, -0.05) is 0 Å². The molecule has 6 rings (SSSR count). The first-order valence-electron chi connectivity index (χ1n) is 10.3. The summed E-state index contributed by atoms with van der Waals surface area (Å²) in [6.45, 7) is 1.94. The van der Waals surface area contributed by atoms with Gasteiger partial charge < -0.3 is 24.4 Å². The van der Waals surface area contributed by atoms with Gasteiger partial charge in [0.05, 0.1) is 18.2 Å². The fraction of sp³-hybridized carbons (Fsp3) is 0.476. The summed E-state index contributed by atoms with van der Waals surface area (Å²) < 4.78 is 17.0. The van der Waals surface area contributed by atoms with Gasteiger partial charge in [0.25, 0.3) is 11.8 Å². The van der Waals surface area contributed by atoms with E-state index in [9.17, 15) is 9.59 Å². The van der Waals surface area contributed by atoms with Crippen molar-refractivity contribution in [1.82, 2.24) is 20.4 Å². The van der Waals surface area contributed by atoms with Gasteiger partial charge in [-0.2, -0.15) is 5.10 Å². The van der Waals surface area contributed by atoms with E-state index in [1.165, 1.54) is 0 Å². The summed E-state index contributed by atoms with van der Waals surface area (Å²) in [6, 6.07) is 6.89. The maximum atomic E-state index is 12.8. The van der Waals surface area contributed by atoms with E-state index in [4.69, 9.17) is 14.2 Å². The van der Waals surface area contributed by atoms with Crippen molar-refractivity contribution in [3.63, 3.8) is 0 Å². The second-order valence-corrected chi connectivity index (χ2v) is 8.46. The number of carbonyl (C=O) groups excluding carboxylic acids is 2. The highest BCUT2D eigenvalue weighted by molar-refractivity contribution is 5.95. The van der Waals surface area contributed by atoms with Crippen LogP contribution in [0.25, 0.3) is 0 Å². The van der Waals surface area contributed by atoms with Gasteiger partial charge >= 0.3 is 0 Å². The van der Waals surface area contributed by atoms with Crippen LogP contribution in [0.3, 0.4) is 0 Å². The Hall–Kier alpha value is -3.07. The highest BCUT2D eigenvalue weighted by Crippen LogP contribution is 2.54. The molecule has 2 amide bonds. The highest BCUT2D eigenvalue weighted by atomic mass is 16.7. The molecule has 156 valence electrons. The first kappa shape index (κ1) is 17.8. The predicted molar refractivity (Wildman–Crippen MR) is 103 cm³/mol. The van der Waals surface area contributed by atoms with E-state index < -0.39 is 0 Å². The van der Waals surface area contributed by atoms with E-state index in [1.807, 2.05) is 4.90 Å². The van der Waals surface area contributed by atoms with Crippen molar-refractivity contribution >= 4 is 11.8 Å². The number of rotatable bonds is 4. The molecular formula is C21H22N4O5. The summed E-state index contributed by atoms with van der Waals surface area (Å²) in [7, 11) is 0. The molecule has 2 bridgehead atoms. The molecule has 30 heavy (non-hydrogen) atoms. The molecule has 0 saturated carbocycles. The largest absolute Gasteiger partial charge is 0.454 e. The lowest BCUT2D eigenvalue weighted by Gasteiger charge is -2.29. The molecule has 3 fully saturated rings. The number of H-pyrrole nitrogens is 1. The topological polar surface area (TPSA) is 106 Å². The number of nitrogens with zero attached hydrogens (tertiary/aromatic N) is 2. The molecule has 3 saturated heterocycles. The van der Waals surface area contributed by atoms with Crippen LogP contribution in [0.5, 0.6) is 11.5 Å². The highest BCUT2D eigenvalue weighted by Gasteiger charge is 2.63. The lowest BCUT2D eigenvalue weighted by molar-refractivity contribution is 0.00311. The molecule has 9 nitrogen and oxygen atoms in total. The smallest absolute Gasteiger partial charge is 0.271 e. The lowest BCUT2D eigenvalue weighted by atomic mass is 9.73. The predicted octanol–water partition coefficient (Wildman–Crippen LogP) is 1.19. The third kappa shape index (κ3) is 2.61. The molecule has 1 aromatic carbocycles. The number of likely N-dealkylation sites (tertiary alicyclic amines) is 1. The van der Waals surface area contributed by atoms with Gasteiger partial charge in [0.1, 0.15) is 5.69 Å². The van der Waals surface area contributed by atoms with Gasteiger partial charge in [0.15, 0.2) is 11.5 Å². The SMILES string of the molecule is O=C(NC[C@H]1[C@H]2CN(C(=O)c3ccn[nH]3)C[C@]23CC[C@H]1O3)c1ccc2c(c1)OCO2. The number of nitrogens with one attached hydrogen (secondary N) is 2. The monoisotopic (exact) mass is 410 g/mol. The van der Waals surface area contributed by atoms with Crippen LogP contribution in [-0.4, -0.2) is 65.0 Å². The van der Waals surface area contributed by atoms with E-state index in [1.54, 1.807) is 30.5 Å². The number of aromatic nitrogens is 2. The third-order valence-corrected chi connectivity index (χ3v) is 6.94. The molecule has 1 aromatic heterocycles. The number of aromatic amines is 1. The van der Waals surface area contributed by atoms with Gasteiger partial charge in [0.2, 0.25) is 6.79 Å². The second kappa shape index (κ2) is 6.46. The van der Waals surface area contributed by atoms with Crippen LogP contribution in [0.15, 0.2) is 30.5 Å². The second-order valence-electron chi connectivity index (χ2n) is 8.46. The Balaban J connectivity index is 1.14. The Bertz CT molecular complexity index is 1010. The van der Waals surface area contributed by atoms with Gasteiger partial charge in [-0.3, -0.25) is 14.7 Å². The molecule has 9 heteroatoms. The van der Waals surface area contributed by atoms with Crippen molar-refractivity contribution in [3.8, 4) is 11.5 Å². The van der Waals surface area contributed by atoms with E-state index in [-0.39, 0.29) is 42.1 Å². The third-order valence-electron chi connectivity index (χ3n) is 6.94. The van der Waals surface area contributed by atoms with Crippen LogP contribution in [0, 0.1) is 11.8 Å². The standard InChI is InChI=1S/C21H22N4O5/c26-19(12-1-2-17-18(7-12)29-11-28-17)22-8-13-14-9-25(20(27)15-4-6-23-24-15)10-21(14)5-3-16(13)30-21/h1-2,4,6-7,13-14,16H,3,5,8-11H2,(H,22,26)(H,23,24)/t13-,14+,16+,21+/m0/s1. The van der Waals surface area contributed by atoms with Gasteiger partial charge in [-0.15, -0.1) is 0 Å². The number of carbonyl (C=O) groups is 2. The molecular weight excluding hydrogens is 388 g/mol. The van der Waals surface area contributed by atoms with Gasteiger partial charge in [-0.05, 0) is 37.1 Å². The normalized spacial score (nSPS) is 30.5. The Kier molecular flexibility index (Phi) is 3.83. The Morgan fingerprint density at radius 2 is 2.17 bits per heavy atom. The number of benzene rings is 1. The fourth-order valence-corrected chi connectivity index (χ4v) is 5.51. The zero-order valence-corrected chi connectivity index (χ0v) is 16.3. The number of hydrogen-bond donors (Lipinski definition) is 2. The Morgan fingerprint density at radius 1 is 1.27 bits per heavy atom. The molecule has 2 aromatic rings. The molecule has 4 aliphatic heterocycles. The fourth-order valence-electron chi connectivity index (χ4n) is 5.51. The summed E-state index contributed by atoms with van der Waals surface area (Å²) in [5.74, 6) is 1.47. The number of ether oxygens (including phenoxy) is 3. The number of amides is 2. The van der Waals surface area contributed by atoms with Crippen molar-refractivity contribution < 1.29 is 23.8 Å². The quantitative estimate of drug-likeness (QED) is 0.784. The maximum absolute atomic E-state index is 12.8. The van der Waals surface area contributed by atoms with Crippen molar-refractivity contribution in [2.75, 3.05) is 26.4 Å². The summed E-state index contributed by atoms with van der Waals surface area (Å²) in [5.41, 5.74) is 0.753. The Morgan fingerprint density at radius 3 is 3.03 bits per heavy atom. The molecule has 0 aliphatic carbocycles. The molecule has 1 spiro atoms. The van der Waals surface area contributed by atoms with Crippen molar-refractivity contribution in [2.45, 2.75) is 24.5 Å². The van der Waals surface area contributed by atoms with Crippen molar-refractivity contribution in [2.24, 2.45) is 11.8 Å². The number of hydrogen-bond acceptors (Lipinski definition) is 6.